The van der Waals surface area contributed by atoms with Crippen molar-refractivity contribution in [3.63, 3.8) is 0 Å². The number of hydrogen-bond acceptors (Lipinski definition) is 3. The minimum Gasteiger partial charge on any atom is -0.411 e. The van der Waals surface area contributed by atoms with Crippen molar-refractivity contribution in [3.05, 3.63) is 65.5 Å². The average molecular weight is 273 g/mol. The normalized spacial score (nSPS) is 10.1. The Morgan fingerprint density at radius 1 is 1.11 bits per heavy atom. The molecule has 0 bridgehead atoms. The van der Waals surface area contributed by atoms with Crippen LogP contribution in [0.3, 0.4) is 0 Å². The highest BCUT2D eigenvalue weighted by atomic mass is 35.5. The van der Waals surface area contributed by atoms with Gasteiger partial charge in [0.05, 0.1) is 5.71 Å². The summed E-state index contributed by atoms with van der Waals surface area (Å²) < 4.78 is 0. The average Bonchev–Trinajstić information content (AvgIpc) is 2.45. The van der Waals surface area contributed by atoms with Gasteiger partial charge in [-0.05, 0) is 25.1 Å². The Morgan fingerprint density at radius 2 is 1.79 bits per heavy atom. The highest BCUT2D eigenvalue weighted by Crippen LogP contribution is 2.04. The molecule has 0 saturated carbocycles. The highest BCUT2D eigenvalue weighted by Gasteiger charge is 1.98. The van der Waals surface area contributed by atoms with E-state index in [0.717, 1.165) is 16.7 Å². The molecule has 0 fully saturated rings. The van der Waals surface area contributed by atoms with Gasteiger partial charge < -0.3 is 5.21 Å². The lowest BCUT2D eigenvalue weighted by Gasteiger charge is -1.97. The predicted molar refractivity (Wildman–Crippen MR) is 77.9 cm³/mol. The molecule has 0 amide bonds. The van der Waals surface area contributed by atoms with Crippen molar-refractivity contribution >= 4 is 18.1 Å². The molecule has 0 radical (unpaired) electrons. The van der Waals surface area contributed by atoms with Crippen molar-refractivity contribution in [2.45, 2.75) is 6.92 Å². The molecule has 1 N–H and O–H groups in total. The van der Waals surface area contributed by atoms with E-state index in [1.807, 2.05) is 36.4 Å². The second kappa shape index (κ2) is 7.20. The molecule has 0 spiro atoms. The van der Waals surface area contributed by atoms with E-state index >= 15 is 0 Å². The molecule has 4 heteroatoms. The van der Waals surface area contributed by atoms with Gasteiger partial charge in [-0.3, -0.25) is 4.98 Å². The summed E-state index contributed by atoms with van der Waals surface area (Å²) in [5.74, 6) is 6.08. The molecule has 0 saturated heterocycles. The van der Waals surface area contributed by atoms with Gasteiger partial charge in [-0.2, -0.15) is 0 Å². The van der Waals surface area contributed by atoms with E-state index in [0.29, 0.717) is 5.71 Å². The molecule has 0 atom stereocenters. The second-order valence-corrected chi connectivity index (χ2v) is 3.76. The van der Waals surface area contributed by atoms with Crippen LogP contribution in [0, 0.1) is 11.8 Å². The first-order chi connectivity index (χ1) is 8.79. The molecular weight excluding hydrogens is 260 g/mol. The van der Waals surface area contributed by atoms with Crippen molar-refractivity contribution in [1.82, 2.24) is 4.98 Å². The third kappa shape index (κ3) is 4.13. The van der Waals surface area contributed by atoms with Crippen LogP contribution in [0.2, 0.25) is 0 Å². The van der Waals surface area contributed by atoms with Gasteiger partial charge in [0.2, 0.25) is 0 Å². The zero-order valence-corrected chi connectivity index (χ0v) is 11.2. The van der Waals surface area contributed by atoms with Crippen molar-refractivity contribution in [3.8, 4) is 11.8 Å². The summed E-state index contributed by atoms with van der Waals surface area (Å²) in [6.07, 6.45) is 3.33. The maximum atomic E-state index is 8.71. The van der Waals surface area contributed by atoms with Crippen LogP contribution < -0.4 is 0 Å². The topological polar surface area (TPSA) is 45.5 Å². The van der Waals surface area contributed by atoms with Crippen LogP contribution in [-0.2, 0) is 0 Å². The number of hydrogen-bond donors (Lipinski definition) is 1. The first-order valence-electron chi connectivity index (χ1n) is 5.51. The molecule has 2 rings (SSSR count). The lowest BCUT2D eigenvalue weighted by molar-refractivity contribution is 0.319. The number of rotatable bonds is 1. The molecule has 19 heavy (non-hydrogen) atoms. The van der Waals surface area contributed by atoms with Crippen LogP contribution in [0.15, 0.2) is 53.9 Å². The molecule has 1 aromatic heterocycles. The molecule has 2 aromatic rings. The third-order valence-electron chi connectivity index (χ3n) is 2.43. The van der Waals surface area contributed by atoms with E-state index in [9.17, 15) is 0 Å². The van der Waals surface area contributed by atoms with E-state index in [2.05, 4.69) is 22.0 Å². The zero-order chi connectivity index (χ0) is 12.8. The Kier molecular flexibility index (Phi) is 5.59. The van der Waals surface area contributed by atoms with Gasteiger partial charge in [-0.15, -0.1) is 12.4 Å². The van der Waals surface area contributed by atoms with Gasteiger partial charge >= 0.3 is 0 Å². The third-order valence-corrected chi connectivity index (χ3v) is 2.43. The fourth-order valence-corrected chi connectivity index (χ4v) is 1.43. The Hall–Kier alpha value is -2.31. The van der Waals surface area contributed by atoms with Crippen molar-refractivity contribution in [1.29, 1.82) is 0 Å². The Balaban J connectivity index is 0.00000180. The van der Waals surface area contributed by atoms with E-state index < -0.39 is 0 Å². The first kappa shape index (κ1) is 14.7. The van der Waals surface area contributed by atoms with E-state index in [4.69, 9.17) is 5.21 Å². The van der Waals surface area contributed by atoms with Gasteiger partial charge in [-0.1, -0.05) is 35.2 Å². The Bertz CT molecular complexity index is 627. The quantitative estimate of drug-likeness (QED) is 0.375. The maximum Gasteiger partial charge on any atom is 0.0852 e. The molecule has 0 aliphatic carbocycles. The smallest absolute Gasteiger partial charge is 0.0852 e. The highest BCUT2D eigenvalue weighted by molar-refractivity contribution is 5.98. The van der Waals surface area contributed by atoms with Crippen LogP contribution in [-0.4, -0.2) is 15.9 Å². The summed E-state index contributed by atoms with van der Waals surface area (Å²) >= 11 is 0. The molecule has 0 aliphatic heterocycles. The molecule has 1 heterocycles. The van der Waals surface area contributed by atoms with Gasteiger partial charge in [-0.25, -0.2) is 0 Å². The molecule has 0 unspecified atom stereocenters. The van der Waals surface area contributed by atoms with Gasteiger partial charge in [0.25, 0.3) is 0 Å². The van der Waals surface area contributed by atoms with Crippen molar-refractivity contribution in [2.75, 3.05) is 0 Å². The summed E-state index contributed by atoms with van der Waals surface area (Å²) in [4.78, 5) is 4.07. The van der Waals surface area contributed by atoms with Crippen molar-refractivity contribution < 1.29 is 5.21 Å². The van der Waals surface area contributed by atoms with E-state index in [1.165, 1.54) is 0 Å². The molecule has 96 valence electrons. The van der Waals surface area contributed by atoms with Crippen LogP contribution >= 0.6 is 12.4 Å². The number of oxime groups is 1. The largest absolute Gasteiger partial charge is 0.411 e. The van der Waals surface area contributed by atoms with Gasteiger partial charge in [0.1, 0.15) is 0 Å². The lowest BCUT2D eigenvalue weighted by atomic mass is 10.1. The maximum absolute atomic E-state index is 8.71. The van der Waals surface area contributed by atoms with Gasteiger partial charge in [0, 0.05) is 29.1 Å². The van der Waals surface area contributed by atoms with E-state index in [-0.39, 0.29) is 12.4 Å². The molecule has 3 nitrogen and oxygen atoms in total. The van der Waals surface area contributed by atoms with Crippen LogP contribution in [0.4, 0.5) is 0 Å². The zero-order valence-electron chi connectivity index (χ0n) is 10.4. The standard InChI is InChI=1S/C15H12N2O.ClH/c1-12(17-18)15-9-14(10-16-11-15)8-7-13-5-3-2-4-6-13;/h2-6,9-11,18H,1H3;1H/b17-12+;. The number of benzene rings is 1. The summed E-state index contributed by atoms with van der Waals surface area (Å²) in [5, 5.41) is 11.9. The predicted octanol–water partition coefficient (Wildman–Crippen LogP) is 3.10. The molecule has 0 aliphatic rings. The Morgan fingerprint density at radius 3 is 2.47 bits per heavy atom. The van der Waals surface area contributed by atoms with Crippen LogP contribution in [0.25, 0.3) is 0 Å². The minimum absolute atomic E-state index is 0. The number of halogens is 1. The van der Waals surface area contributed by atoms with Crippen molar-refractivity contribution in [2.24, 2.45) is 5.16 Å². The summed E-state index contributed by atoms with van der Waals surface area (Å²) in [7, 11) is 0. The fourth-order valence-electron chi connectivity index (χ4n) is 1.43. The van der Waals surface area contributed by atoms with Crippen LogP contribution in [0.1, 0.15) is 23.6 Å². The van der Waals surface area contributed by atoms with Gasteiger partial charge in [0.15, 0.2) is 0 Å². The number of pyridine rings is 1. The summed E-state index contributed by atoms with van der Waals surface area (Å²) in [6.45, 7) is 1.71. The molecule has 1 aromatic carbocycles. The van der Waals surface area contributed by atoms with Crippen LogP contribution in [0.5, 0.6) is 0 Å². The minimum atomic E-state index is 0. The summed E-state index contributed by atoms with van der Waals surface area (Å²) in [5.41, 5.74) is 3.03. The monoisotopic (exact) mass is 272 g/mol. The Labute approximate surface area is 118 Å². The number of nitrogens with zero attached hydrogens (tertiary/aromatic N) is 2. The SMILES string of the molecule is C/C(=N\O)c1cncc(C#Cc2ccccc2)c1.Cl. The fraction of sp³-hybridized carbons (Fsp3) is 0.0667. The lowest BCUT2D eigenvalue weighted by Crippen LogP contribution is -1.96. The van der Waals surface area contributed by atoms with E-state index in [1.54, 1.807) is 19.3 Å². The second-order valence-electron chi connectivity index (χ2n) is 3.76. The summed E-state index contributed by atoms with van der Waals surface area (Å²) in [6, 6.07) is 11.6. The molecular formula is C15H13ClN2O. The first-order valence-corrected chi connectivity index (χ1v) is 5.51. The number of aromatic nitrogens is 1.